The first-order valence-corrected chi connectivity index (χ1v) is 24.5. The molecule has 0 saturated carbocycles. The zero-order valence-corrected chi connectivity index (χ0v) is 39.1. The average molecular weight is 845 g/mol. The Morgan fingerprint density at radius 2 is 0.754 bits per heavy atom. The lowest BCUT2D eigenvalue weighted by Gasteiger charge is -2.18. The standard InChI is InChI=1S/C55H88O6/c1-4-7-10-13-16-19-22-25-26-27-28-31-33-36-39-42-45-48-54(57)60-51-52(61-55(58)49-46-43-40-37-34-30-24-21-18-15-12-9-6-3)50-59-53(56)47-44-41-38-35-32-29-23-20-17-14-11-8-5-2/h9,12,15-16,18-19,21,24-26,29-30,32,34,37-38,40-41,52H,4-8,10-11,13-14,17,20,22-23,27-28,31,33,35-36,39,42-51H2,1-3H3/b12-9-,18-15-,19-16-,24-21-,26-25-,32-29-,34-30-,40-37-,41-38-. The minimum absolute atomic E-state index is 0.130. The van der Waals surface area contributed by atoms with Crippen molar-refractivity contribution in [2.75, 3.05) is 13.2 Å². The number of rotatable bonds is 42. The summed E-state index contributed by atoms with van der Waals surface area (Å²) in [6, 6.07) is 0. The highest BCUT2D eigenvalue weighted by Gasteiger charge is 2.19. The minimum Gasteiger partial charge on any atom is -0.462 e. The molecule has 0 aromatic rings. The maximum absolute atomic E-state index is 12.7. The fraction of sp³-hybridized carbons (Fsp3) is 0.618. The van der Waals surface area contributed by atoms with Crippen LogP contribution in [-0.2, 0) is 28.6 Å². The second-order valence-electron chi connectivity index (χ2n) is 15.8. The first-order valence-electron chi connectivity index (χ1n) is 24.5. The molecule has 0 rings (SSSR count). The second kappa shape index (κ2) is 48.7. The smallest absolute Gasteiger partial charge is 0.306 e. The zero-order chi connectivity index (χ0) is 44.4. The summed E-state index contributed by atoms with van der Waals surface area (Å²) in [5.41, 5.74) is 0. The molecule has 0 aliphatic rings. The highest BCUT2D eigenvalue weighted by molar-refractivity contribution is 5.71. The Morgan fingerprint density at radius 3 is 1.30 bits per heavy atom. The summed E-state index contributed by atoms with van der Waals surface area (Å²) in [7, 11) is 0. The van der Waals surface area contributed by atoms with Gasteiger partial charge in [0.1, 0.15) is 13.2 Å². The topological polar surface area (TPSA) is 78.9 Å². The minimum atomic E-state index is -0.841. The summed E-state index contributed by atoms with van der Waals surface area (Å²) in [5, 5.41) is 0. The SMILES string of the molecule is CC\C=C/C=C\C=C/C=C\C=C/CCCC(=O)OC(COC(=O)CC/C=C\C/C=C\CCCCCCCC)COC(=O)CCCCCCCCC/C=C\C/C=C\CCCCC. The Bertz CT molecular complexity index is 1290. The molecular weight excluding hydrogens is 757 g/mol. The number of hydrogen-bond donors (Lipinski definition) is 0. The molecule has 0 saturated heterocycles. The second-order valence-corrected chi connectivity index (χ2v) is 15.8. The number of hydrogen-bond acceptors (Lipinski definition) is 6. The molecule has 0 amide bonds. The molecule has 0 bridgehead atoms. The van der Waals surface area contributed by atoms with Gasteiger partial charge in [0, 0.05) is 19.3 Å². The van der Waals surface area contributed by atoms with Crippen molar-refractivity contribution < 1.29 is 28.6 Å². The molecule has 0 heterocycles. The Labute approximate surface area is 374 Å². The van der Waals surface area contributed by atoms with Gasteiger partial charge >= 0.3 is 17.9 Å². The van der Waals surface area contributed by atoms with E-state index in [-0.39, 0.29) is 38.0 Å². The van der Waals surface area contributed by atoms with Crippen molar-refractivity contribution in [1.29, 1.82) is 0 Å². The van der Waals surface area contributed by atoms with Crippen LogP contribution in [-0.4, -0.2) is 37.2 Å². The summed E-state index contributed by atoms with van der Waals surface area (Å²) in [6.45, 7) is 6.31. The molecule has 0 spiro atoms. The van der Waals surface area contributed by atoms with Crippen molar-refractivity contribution in [3.63, 3.8) is 0 Å². The highest BCUT2D eigenvalue weighted by Crippen LogP contribution is 2.12. The molecule has 1 unspecified atom stereocenters. The van der Waals surface area contributed by atoms with E-state index in [2.05, 4.69) is 69.4 Å². The molecule has 0 aliphatic heterocycles. The summed E-state index contributed by atoms with van der Waals surface area (Å²) >= 11 is 0. The Morgan fingerprint density at radius 1 is 0.361 bits per heavy atom. The molecule has 0 aliphatic carbocycles. The summed E-state index contributed by atoms with van der Waals surface area (Å²) in [5.74, 6) is -1.09. The van der Waals surface area contributed by atoms with Crippen molar-refractivity contribution in [2.24, 2.45) is 0 Å². The van der Waals surface area contributed by atoms with E-state index in [0.29, 0.717) is 19.3 Å². The van der Waals surface area contributed by atoms with Crippen LogP contribution >= 0.6 is 0 Å². The molecule has 61 heavy (non-hydrogen) atoms. The quantitative estimate of drug-likeness (QED) is 0.0200. The van der Waals surface area contributed by atoms with Gasteiger partial charge in [-0.3, -0.25) is 14.4 Å². The maximum Gasteiger partial charge on any atom is 0.306 e. The van der Waals surface area contributed by atoms with Crippen LogP contribution in [0.3, 0.4) is 0 Å². The van der Waals surface area contributed by atoms with E-state index in [4.69, 9.17) is 14.2 Å². The zero-order valence-electron chi connectivity index (χ0n) is 39.1. The van der Waals surface area contributed by atoms with Gasteiger partial charge < -0.3 is 14.2 Å². The van der Waals surface area contributed by atoms with E-state index in [9.17, 15) is 14.4 Å². The van der Waals surface area contributed by atoms with Crippen molar-refractivity contribution in [2.45, 2.75) is 207 Å². The highest BCUT2D eigenvalue weighted by atomic mass is 16.6. The normalized spacial score (nSPS) is 13.0. The lowest BCUT2D eigenvalue weighted by Crippen LogP contribution is -2.30. The van der Waals surface area contributed by atoms with Gasteiger partial charge in [-0.25, -0.2) is 0 Å². The number of carbonyl (C=O) groups excluding carboxylic acids is 3. The largest absolute Gasteiger partial charge is 0.462 e. The van der Waals surface area contributed by atoms with Crippen molar-refractivity contribution in [3.8, 4) is 0 Å². The molecule has 344 valence electrons. The molecule has 6 heteroatoms. The van der Waals surface area contributed by atoms with Crippen LogP contribution in [0.15, 0.2) is 109 Å². The fourth-order valence-corrected chi connectivity index (χ4v) is 6.20. The van der Waals surface area contributed by atoms with Crippen LogP contribution in [0.4, 0.5) is 0 Å². The first kappa shape index (κ1) is 57.1. The van der Waals surface area contributed by atoms with Crippen LogP contribution < -0.4 is 0 Å². The molecule has 0 fully saturated rings. The first-order chi connectivity index (χ1) is 30.0. The van der Waals surface area contributed by atoms with E-state index in [1.165, 1.54) is 89.9 Å². The third-order valence-corrected chi connectivity index (χ3v) is 9.87. The molecule has 1 atom stereocenters. The van der Waals surface area contributed by atoms with Crippen LogP contribution in [0.25, 0.3) is 0 Å². The Hall–Kier alpha value is -3.93. The van der Waals surface area contributed by atoms with Crippen LogP contribution in [0.1, 0.15) is 201 Å². The van der Waals surface area contributed by atoms with Gasteiger partial charge in [-0.15, -0.1) is 0 Å². The van der Waals surface area contributed by atoms with Crippen molar-refractivity contribution >= 4 is 17.9 Å². The maximum atomic E-state index is 12.7. The van der Waals surface area contributed by atoms with Gasteiger partial charge in [0.15, 0.2) is 6.10 Å². The van der Waals surface area contributed by atoms with Crippen molar-refractivity contribution in [3.05, 3.63) is 109 Å². The third kappa shape index (κ3) is 47.0. The van der Waals surface area contributed by atoms with E-state index < -0.39 is 12.1 Å². The van der Waals surface area contributed by atoms with E-state index in [1.54, 1.807) is 0 Å². The molecule has 0 radical (unpaired) electrons. The van der Waals surface area contributed by atoms with E-state index >= 15 is 0 Å². The number of unbranched alkanes of at least 4 members (excludes halogenated alkanes) is 17. The molecule has 6 nitrogen and oxygen atoms in total. The third-order valence-electron chi connectivity index (χ3n) is 9.87. The summed E-state index contributed by atoms with van der Waals surface area (Å²) < 4.78 is 16.6. The van der Waals surface area contributed by atoms with Gasteiger partial charge in [-0.05, 0) is 83.5 Å². The van der Waals surface area contributed by atoms with Gasteiger partial charge in [0.25, 0.3) is 0 Å². The van der Waals surface area contributed by atoms with Crippen molar-refractivity contribution in [1.82, 2.24) is 0 Å². The number of ether oxygens (including phenoxy) is 3. The lowest BCUT2D eigenvalue weighted by molar-refractivity contribution is -0.166. The molecular formula is C55H88O6. The van der Waals surface area contributed by atoms with Gasteiger partial charge in [-0.1, -0.05) is 207 Å². The van der Waals surface area contributed by atoms with Gasteiger partial charge in [0.2, 0.25) is 0 Å². The summed E-state index contributed by atoms with van der Waals surface area (Å²) in [4.78, 5) is 37.8. The molecule has 0 aromatic carbocycles. The number of esters is 3. The fourth-order valence-electron chi connectivity index (χ4n) is 6.20. The number of carbonyl (C=O) groups is 3. The van der Waals surface area contributed by atoms with E-state index in [1.807, 2.05) is 60.8 Å². The Balaban J connectivity index is 4.56. The predicted molar refractivity (Wildman–Crippen MR) is 260 cm³/mol. The Kier molecular flexibility index (Phi) is 45.6. The summed E-state index contributed by atoms with van der Waals surface area (Å²) in [6.07, 6.45) is 65.2. The lowest BCUT2D eigenvalue weighted by atomic mass is 10.1. The molecule has 0 N–H and O–H groups in total. The van der Waals surface area contributed by atoms with Crippen LogP contribution in [0, 0.1) is 0 Å². The van der Waals surface area contributed by atoms with E-state index in [0.717, 1.165) is 57.8 Å². The predicted octanol–water partition coefficient (Wildman–Crippen LogP) is 16.0. The van der Waals surface area contributed by atoms with Gasteiger partial charge in [0.05, 0.1) is 0 Å². The van der Waals surface area contributed by atoms with Crippen LogP contribution in [0.5, 0.6) is 0 Å². The van der Waals surface area contributed by atoms with Crippen LogP contribution in [0.2, 0.25) is 0 Å². The number of allylic oxidation sites excluding steroid dienone is 18. The average Bonchev–Trinajstić information content (AvgIpc) is 3.26. The molecule has 0 aromatic heterocycles. The van der Waals surface area contributed by atoms with Gasteiger partial charge in [-0.2, -0.15) is 0 Å². The monoisotopic (exact) mass is 845 g/mol.